The second-order valence-electron chi connectivity index (χ2n) is 5.57. The molecule has 25 heavy (non-hydrogen) atoms. The van der Waals surface area contributed by atoms with E-state index in [4.69, 9.17) is 9.84 Å². The maximum absolute atomic E-state index is 12.2. The molecule has 1 aromatic rings. The summed E-state index contributed by atoms with van der Waals surface area (Å²) in [6.45, 7) is 7.46. The number of carbonyl (C=O) groups is 2. The van der Waals surface area contributed by atoms with E-state index in [0.717, 1.165) is 0 Å². The minimum atomic E-state index is -3.74. The van der Waals surface area contributed by atoms with Crippen molar-refractivity contribution in [1.82, 2.24) is 4.31 Å². The summed E-state index contributed by atoms with van der Waals surface area (Å²) in [7, 11) is -3.74. The van der Waals surface area contributed by atoms with Crippen LogP contribution in [0.3, 0.4) is 0 Å². The zero-order chi connectivity index (χ0) is 19.2. The summed E-state index contributed by atoms with van der Waals surface area (Å²) >= 11 is 0. The number of carbonyl (C=O) groups excluding carboxylic acids is 1. The molecule has 0 bridgehead atoms. The number of amides is 1. The predicted octanol–water partition coefficient (Wildman–Crippen LogP) is 1.78. The lowest BCUT2D eigenvalue weighted by atomic mass is 10.2. The lowest BCUT2D eigenvalue weighted by Gasteiger charge is -2.19. The van der Waals surface area contributed by atoms with Crippen molar-refractivity contribution >= 4 is 27.6 Å². The number of aromatic carboxylic acids is 1. The van der Waals surface area contributed by atoms with Crippen molar-refractivity contribution in [1.29, 1.82) is 0 Å². The maximum atomic E-state index is 12.2. The number of carboxylic acids is 1. The highest BCUT2D eigenvalue weighted by atomic mass is 32.2. The zero-order valence-corrected chi connectivity index (χ0v) is 15.6. The number of sulfonamides is 1. The van der Waals surface area contributed by atoms with E-state index in [0.29, 0.717) is 0 Å². The molecule has 0 atom stereocenters. The van der Waals surface area contributed by atoms with Crippen LogP contribution < -0.4 is 10.1 Å². The van der Waals surface area contributed by atoms with Crippen molar-refractivity contribution in [2.24, 2.45) is 0 Å². The van der Waals surface area contributed by atoms with E-state index in [9.17, 15) is 18.0 Å². The van der Waals surface area contributed by atoms with E-state index in [1.54, 1.807) is 27.7 Å². The Morgan fingerprint density at radius 3 is 2.32 bits per heavy atom. The number of ether oxygens (including phenoxy) is 1. The van der Waals surface area contributed by atoms with Crippen molar-refractivity contribution in [2.75, 3.05) is 24.2 Å². The van der Waals surface area contributed by atoms with E-state index in [1.165, 1.54) is 22.5 Å². The molecule has 1 rings (SSSR count). The maximum Gasteiger partial charge on any atom is 0.335 e. The molecular formula is C16H24N2O6S. The Labute approximate surface area is 147 Å². The molecule has 9 heteroatoms. The number of rotatable bonds is 9. The summed E-state index contributed by atoms with van der Waals surface area (Å²) in [5, 5.41) is 11.5. The highest BCUT2D eigenvalue weighted by molar-refractivity contribution is 7.89. The number of anilines is 1. The summed E-state index contributed by atoms with van der Waals surface area (Å²) in [6, 6.07) is 4.02. The molecule has 0 fully saturated rings. The van der Waals surface area contributed by atoms with Crippen molar-refractivity contribution < 1.29 is 27.9 Å². The molecule has 1 aromatic carbocycles. The molecule has 0 unspecified atom stereocenters. The third-order valence-electron chi connectivity index (χ3n) is 3.28. The van der Waals surface area contributed by atoms with Crippen molar-refractivity contribution in [3.8, 4) is 5.75 Å². The first-order chi connectivity index (χ1) is 11.6. The lowest BCUT2D eigenvalue weighted by molar-refractivity contribution is -0.114. The van der Waals surface area contributed by atoms with Crippen LogP contribution >= 0.6 is 0 Å². The van der Waals surface area contributed by atoms with E-state index < -0.39 is 27.7 Å². The van der Waals surface area contributed by atoms with E-state index in [2.05, 4.69) is 5.32 Å². The van der Waals surface area contributed by atoms with Crippen LogP contribution in [-0.2, 0) is 14.8 Å². The van der Waals surface area contributed by atoms with Crippen LogP contribution in [0.4, 0.5) is 5.69 Å². The van der Waals surface area contributed by atoms with Gasteiger partial charge in [-0.2, -0.15) is 0 Å². The van der Waals surface area contributed by atoms with Crippen molar-refractivity contribution in [2.45, 2.75) is 33.8 Å². The Kier molecular flexibility index (Phi) is 7.38. The van der Waals surface area contributed by atoms with Gasteiger partial charge >= 0.3 is 5.97 Å². The normalized spacial score (nSPS) is 11.6. The van der Waals surface area contributed by atoms with Gasteiger partial charge in [0, 0.05) is 13.1 Å². The first-order valence-corrected chi connectivity index (χ1v) is 9.53. The summed E-state index contributed by atoms with van der Waals surface area (Å²) in [5.74, 6) is -2.38. The third kappa shape index (κ3) is 6.02. The second kappa shape index (κ2) is 8.82. The average Bonchev–Trinajstić information content (AvgIpc) is 2.48. The Morgan fingerprint density at radius 1 is 1.24 bits per heavy atom. The number of nitrogens with zero attached hydrogens (tertiary/aromatic N) is 1. The van der Waals surface area contributed by atoms with E-state index >= 15 is 0 Å². The van der Waals surface area contributed by atoms with Gasteiger partial charge in [0.15, 0.2) is 0 Å². The van der Waals surface area contributed by atoms with Gasteiger partial charge in [0.05, 0.1) is 17.4 Å². The Morgan fingerprint density at radius 2 is 1.84 bits per heavy atom. The zero-order valence-electron chi connectivity index (χ0n) is 14.8. The molecule has 0 aliphatic carbocycles. The lowest BCUT2D eigenvalue weighted by Crippen LogP contribution is -2.37. The van der Waals surface area contributed by atoms with Gasteiger partial charge in [-0.25, -0.2) is 17.5 Å². The third-order valence-corrected chi connectivity index (χ3v) is 5.21. The molecule has 0 spiro atoms. The monoisotopic (exact) mass is 372 g/mol. The molecule has 0 aromatic heterocycles. The summed E-state index contributed by atoms with van der Waals surface area (Å²) in [4.78, 5) is 23.3. The number of hydrogen-bond acceptors (Lipinski definition) is 5. The predicted molar refractivity (Wildman–Crippen MR) is 94.5 cm³/mol. The average molecular weight is 372 g/mol. The van der Waals surface area contributed by atoms with Crippen LogP contribution in [0.2, 0.25) is 0 Å². The highest BCUT2D eigenvalue weighted by Crippen LogP contribution is 2.27. The van der Waals surface area contributed by atoms with Crippen LogP contribution in [0.5, 0.6) is 5.75 Å². The largest absolute Gasteiger partial charge is 0.489 e. The van der Waals surface area contributed by atoms with Gasteiger partial charge in [-0.05, 0) is 32.0 Å². The van der Waals surface area contributed by atoms with Crippen molar-refractivity contribution in [3.63, 3.8) is 0 Å². The molecule has 8 nitrogen and oxygen atoms in total. The minimum Gasteiger partial charge on any atom is -0.489 e. The second-order valence-corrected chi connectivity index (χ2v) is 7.54. The number of nitrogens with one attached hydrogen (secondary N) is 1. The quantitative estimate of drug-likeness (QED) is 0.683. The topological polar surface area (TPSA) is 113 Å². The SMILES string of the molecule is CCN(CC)S(=O)(=O)CC(=O)Nc1cc(C(=O)O)ccc1OC(C)C. The van der Waals surface area contributed by atoms with Crippen LogP contribution in [0, 0.1) is 0 Å². The molecule has 0 heterocycles. The Balaban J connectivity index is 3.05. The minimum absolute atomic E-state index is 0.0435. The van der Waals surface area contributed by atoms with Gasteiger partial charge in [0.1, 0.15) is 11.5 Å². The number of benzene rings is 1. The van der Waals surface area contributed by atoms with Crippen LogP contribution in [0.25, 0.3) is 0 Å². The summed E-state index contributed by atoms with van der Waals surface area (Å²) < 4.78 is 31.1. The fourth-order valence-corrected chi connectivity index (χ4v) is 3.55. The Hall–Kier alpha value is -2.13. The number of carboxylic acid groups (broad SMARTS) is 1. The van der Waals surface area contributed by atoms with Gasteiger partial charge in [0.25, 0.3) is 0 Å². The van der Waals surface area contributed by atoms with Crippen LogP contribution in [0.15, 0.2) is 18.2 Å². The summed E-state index contributed by atoms with van der Waals surface area (Å²) in [5.41, 5.74) is 0.0753. The Bertz CT molecular complexity index is 726. The van der Waals surface area contributed by atoms with Gasteiger partial charge in [0.2, 0.25) is 15.9 Å². The highest BCUT2D eigenvalue weighted by Gasteiger charge is 2.23. The first-order valence-electron chi connectivity index (χ1n) is 7.92. The van der Waals surface area contributed by atoms with Gasteiger partial charge in [-0.1, -0.05) is 13.8 Å². The molecule has 0 saturated carbocycles. The molecule has 0 aliphatic heterocycles. The van der Waals surface area contributed by atoms with Crippen molar-refractivity contribution in [3.05, 3.63) is 23.8 Å². The van der Waals surface area contributed by atoms with Crippen LogP contribution in [-0.4, -0.2) is 54.7 Å². The van der Waals surface area contributed by atoms with Gasteiger partial charge < -0.3 is 15.2 Å². The van der Waals surface area contributed by atoms with Crippen LogP contribution in [0.1, 0.15) is 38.1 Å². The van der Waals surface area contributed by atoms with E-state index in [-0.39, 0.29) is 36.2 Å². The fourth-order valence-electron chi connectivity index (χ4n) is 2.18. The summed E-state index contributed by atoms with van der Waals surface area (Å²) in [6.07, 6.45) is -0.203. The smallest absolute Gasteiger partial charge is 0.335 e. The molecule has 1 amide bonds. The molecule has 0 radical (unpaired) electrons. The molecular weight excluding hydrogens is 348 g/mol. The molecule has 2 N–H and O–H groups in total. The van der Waals surface area contributed by atoms with Gasteiger partial charge in [-0.15, -0.1) is 0 Å². The first kappa shape index (κ1) is 20.9. The molecule has 0 saturated heterocycles. The standard InChI is InChI=1S/C16H24N2O6S/c1-5-18(6-2)25(22,23)10-15(19)17-13-9-12(16(20)21)7-8-14(13)24-11(3)4/h7-9,11H,5-6,10H2,1-4H3,(H,17,19)(H,20,21). The fraction of sp³-hybridized carbons (Fsp3) is 0.500. The number of hydrogen-bond donors (Lipinski definition) is 2. The molecule has 140 valence electrons. The van der Waals surface area contributed by atoms with Gasteiger partial charge in [-0.3, -0.25) is 4.79 Å². The molecule has 0 aliphatic rings. The van der Waals surface area contributed by atoms with E-state index in [1.807, 2.05) is 0 Å².